The third kappa shape index (κ3) is 3.32. The average Bonchev–Trinajstić information content (AvgIpc) is 2.90. The summed E-state index contributed by atoms with van der Waals surface area (Å²) in [6.07, 6.45) is 1.54. The molecule has 0 atom stereocenters. The van der Waals surface area contributed by atoms with E-state index in [-0.39, 0.29) is 17.4 Å². The normalized spacial score (nSPS) is 15.5. The topological polar surface area (TPSA) is 47.9 Å². The van der Waals surface area contributed by atoms with Crippen molar-refractivity contribution in [2.75, 3.05) is 7.11 Å². The van der Waals surface area contributed by atoms with Gasteiger partial charge in [0.15, 0.2) is 5.70 Å². The van der Waals surface area contributed by atoms with E-state index in [1.54, 1.807) is 30.3 Å². The lowest BCUT2D eigenvalue weighted by atomic mass is 10.2. The number of carbonyl (C=O) groups is 1. The molecule has 0 radical (unpaired) electrons. The standard InChI is InChI=1S/C17H11BrFNO3/c1-22-15-7-4-11(18)9-13(15)16-20-14(17(21)23-16)8-10-2-5-12(19)6-3-10/h2-9H,1H3/b14-8-. The Hall–Kier alpha value is -2.47. The van der Waals surface area contributed by atoms with E-state index in [0.29, 0.717) is 16.9 Å². The number of nitrogens with zero attached hydrogens (tertiary/aromatic N) is 1. The molecule has 6 heteroatoms. The first-order valence-corrected chi connectivity index (χ1v) is 7.48. The molecule has 4 nitrogen and oxygen atoms in total. The molecule has 0 N–H and O–H groups in total. The van der Waals surface area contributed by atoms with E-state index in [1.807, 2.05) is 6.07 Å². The molecule has 116 valence electrons. The molecule has 0 saturated carbocycles. The number of hydrogen-bond acceptors (Lipinski definition) is 4. The Morgan fingerprint density at radius 2 is 1.96 bits per heavy atom. The summed E-state index contributed by atoms with van der Waals surface area (Å²) in [5, 5.41) is 0. The van der Waals surface area contributed by atoms with E-state index in [2.05, 4.69) is 20.9 Å². The SMILES string of the molecule is COc1ccc(Br)cc1C1=N/C(=C\c2ccc(F)cc2)C(=O)O1. The van der Waals surface area contributed by atoms with Gasteiger partial charge in [0.05, 0.1) is 12.7 Å². The van der Waals surface area contributed by atoms with Gasteiger partial charge >= 0.3 is 5.97 Å². The Morgan fingerprint density at radius 1 is 1.22 bits per heavy atom. The summed E-state index contributed by atoms with van der Waals surface area (Å²) < 4.78 is 24.2. The number of ether oxygens (including phenoxy) is 2. The summed E-state index contributed by atoms with van der Waals surface area (Å²) in [4.78, 5) is 16.2. The van der Waals surface area contributed by atoms with Gasteiger partial charge in [0.25, 0.3) is 0 Å². The Bertz CT molecular complexity index is 828. The van der Waals surface area contributed by atoms with Gasteiger partial charge in [-0.2, -0.15) is 0 Å². The number of rotatable bonds is 3. The predicted molar refractivity (Wildman–Crippen MR) is 87.7 cm³/mol. The van der Waals surface area contributed by atoms with Gasteiger partial charge in [-0.1, -0.05) is 28.1 Å². The molecule has 0 spiro atoms. The highest BCUT2D eigenvalue weighted by molar-refractivity contribution is 9.10. The molecule has 0 saturated heterocycles. The van der Waals surface area contributed by atoms with Crippen molar-refractivity contribution in [3.63, 3.8) is 0 Å². The van der Waals surface area contributed by atoms with Crippen LogP contribution in [-0.4, -0.2) is 19.0 Å². The molecular weight excluding hydrogens is 365 g/mol. The fraction of sp³-hybridized carbons (Fsp3) is 0.0588. The van der Waals surface area contributed by atoms with Crippen molar-refractivity contribution in [1.82, 2.24) is 0 Å². The van der Waals surface area contributed by atoms with Crippen molar-refractivity contribution < 1.29 is 18.7 Å². The van der Waals surface area contributed by atoms with E-state index in [1.165, 1.54) is 19.2 Å². The van der Waals surface area contributed by atoms with Crippen LogP contribution in [0.1, 0.15) is 11.1 Å². The molecule has 0 aliphatic carbocycles. The molecule has 0 unspecified atom stereocenters. The minimum atomic E-state index is -0.564. The van der Waals surface area contributed by atoms with Gasteiger partial charge in [-0.05, 0) is 42.0 Å². The van der Waals surface area contributed by atoms with Crippen LogP contribution in [0, 0.1) is 5.82 Å². The van der Waals surface area contributed by atoms with E-state index in [9.17, 15) is 9.18 Å². The minimum absolute atomic E-state index is 0.147. The molecule has 1 aliphatic heterocycles. The highest BCUT2D eigenvalue weighted by Gasteiger charge is 2.26. The zero-order valence-corrected chi connectivity index (χ0v) is 13.6. The molecule has 2 aromatic rings. The first-order valence-electron chi connectivity index (χ1n) is 6.69. The Labute approximate surface area is 140 Å². The minimum Gasteiger partial charge on any atom is -0.496 e. The molecule has 0 fully saturated rings. The van der Waals surface area contributed by atoms with Gasteiger partial charge < -0.3 is 9.47 Å². The Morgan fingerprint density at radius 3 is 2.65 bits per heavy atom. The van der Waals surface area contributed by atoms with Gasteiger partial charge in [-0.3, -0.25) is 0 Å². The third-order valence-corrected chi connectivity index (χ3v) is 3.68. The van der Waals surface area contributed by atoms with Crippen LogP contribution in [0.2, 0.25) is 0 Å². The summed E-state index contributed by atoms with van der Waals surface area (Å²) in [5.41, 5.74) is 1.37. The van der Waals surface area contributed by atoms with Gasteiger partial charge in [0.1, 0.15) is 11.6 Å². The summed E-state index contributed by atoms with van der Waals surface area (Å²) in [6.45, 7) is 0. The highest BCUT2D eigenvalue weighted by atomic mass is 79.9. The van der Waals surface area contributed by atoms with Crippen LogP contribution in [0.5, 0.6) is 5.75 Å². The lowest BCUT2D eigenvalue weighted by molar-refractivity contribution is -0.129. The molecule has 0 aromatic heterocycles. The number of aliphatic imine (C=N–C) groups is 1. The number of hydrogen-bond donors (Lipinski definition) is 0. The van der Waals surface area contributed by atoms with E-state index < -0.39 is 5.97 Å². The molecule has 1 aliphatic rings. The fourth-order valence-electron chi connectivity index (χ4n) is 2.09. The predicted octanol–water partition coefficient (Wildman–Crippen LogP) is 3.94. The summed E-state index contributed by atoms with van der Waals surface area (Å²) in [6, 6.07) is 11.1. The summed E-state index contributed by atoms with van der Waals surface area (Å²) in [7, 11) is 1.53. The Kier molecular flexibility index (Phi) is 4.25. The van der Waals surface area contributed by atoms with E-state index in [0.717, 1.165) is 4.47 Å². The van der Waals surface area contributed by atoms with Crippen molar-refractivity contribution in [1.29, 1.82) is 0 Å². The number of esters is 1. The van der Waals surface area contributed by atoms with Gasteiger partial charge in [-0.15, -0.1) is 0 Å². The zero-order valence-electron chi connectivity index (χ0n) is 12.0. The maximum absolute atomic E-state index is 12.9. The second kappa shape index (κ2) is 6.34. The molecule has 0 amide bonds. The summed E-state index contributed by atoms with van der Waals surface area (Å²) in [5.74, 6) is -0.195. The lowest BCUT2D eigenvalue weighted by Crippen LogP contribution is -2.07. The Balaban J connectivity index is 1.98. The van der Waals surface area contributed by atoms with Crippen molar-refractivity contribution in [3.8, 4) is 5.75 Å². The van der Waals surface area contributed by atoms with Gasteiger partial charge in [0, 0.05) is 4.47 Å². The second-order valence-electron chi connectivity index (χ2n) is 4.73. The number of benzene rings is 2. The van der Waals surface area contributed by atoms with Crippen LogP contribution in [-0.2, 0) is 9.53 Å². The average molecular weight is 376 g/mol. The first kappa shape index (κ1) is 15.4. The van der Waals surface area contributed by atoms with Crippen molar-refractivity contribution in [2.24, 2.45) is 4.99 Å². The zero-order chi connectivity index (χ0) is 16.4. The molecule has 23 heavy (non-hydrogen) atoms. The first-order chi connectivity index (χ1) is 11.1. The molecule has 2 aromatic carbocycles. The van der Waals surface area contributed by atoms with Gasteiger partial charge in [-0.25, -0.2) is 14.2 Å². The second-order valence-corrected chi connectivity index (χ2v) is 5.65. The quantitative estimate of drug-likeness (QED) is 0.602. The van der Waals surface area contributed by atoms with Gasteiger partial charge in [0.2, 0.25) is 5.90 Å². The van der Waals surface area contributed by atoms with E-state index >= 15 is 0 Å². The van der Waals surface area contributed by atoms with Crippen LogP contribution in [0.15, 0.2) is 57.6 Å². The molecule has 0 bridgehead atoms. The van der Waals surface area contributed by atoms with Crippen molar-refractivity contribution in [3.05, 3.63) is 69.6 Å². The molecule has 1 heterocycles. The van der Waals surface area contributed by atoms with Crippen LogP contribution < -0.4 is 4.74 Å². The number of cyclic esters (lactones) is 1. The van der Waals surface area contributed by atoms with Crippen molar-refractivity contribution in [2.45, 2.75) is 0 Å². The smallest absolute Gasteiger partial charge is 0.363 e. The maximum Gasteiger partial charge on any atom is 0.363 e. The van der Waals surface area contributed by atoms with Crippen LogP contribution in [0.25, 0.3) is 6.08 Å². The maximum atomic E-state index is 12.9. The van der Waals surface area contributed by atoms with Crippen molar-refractivity contribution >= 4 is 33.9 Å². The van der Waals surface area contributed by atoms with E-state index in [4.69, 9.17) is 9.47 Å². The lowest BCUT2D eigenvalue weighted by Gasteiger charge is -2.07. The number of carbonyl (C=O) groups excluding carboxylic acids is 1. The fourth-order valence-corrected chi connectivity index (χ4v) is 2.45. The highest BCUT2D eigenvalue weighted by Crippen LogP contribution is 2.27. The number of methoxy groups -OCH3 is 1. The monoisotopic (exact) mass is 375 g/mol. The van der Waals surface area contributed by atoms with Crippen LogP contribution in [0.4, 0.5) is 4.39 Å². The molecular formula is C17H11BrFNO3. The number of halogens is 2. The van der Waals surface area contributed by atoms with Crippen LogP contribution in [0.3, 0.4) is 0 Å². The largest absolute Gasteiger partial charge is 0.496 e. The molecule has 3 rings (SSSR count). The third-order valence-electron chi connectivity index (χ3n) is 3.19. The van der Waals surface area contributed by atoms with Crippen LogP contribution >= 0.6 is 15.9 Å². The summed E-state index contributed by atoms with van der Waals surface area (Å²) >= 11 is 3.36.